The van der Waals surface area contributed by atoms with Gasteiger partial charge >= 0.3 is 0 Å². The summed E-state index contributed by atoms with van der Waals surface area (Å²) in [5.41, 5.74) is 6.24. The first-order chi connectivity index (χ1) is 7.75. The van der Waals surface area contributed by atoms with Crippen LogP contribution in [0.15, 0.2) is 30.5 Å². The quantitative estimate of drug-likeness (QED) is 0.820. The van der Waals surface area contributed by atoms with Gasteiger partial charge in [-0.3, -0.25) is 9.78 Å². The zero-order valence-corrected chi connectivity index (χ0v) is 8.68. The predicted molar refractivity (Wildman–Crippen MR) is 60.6 cm³/mol. The molecule has 0 saturated heterocycles. The van der Waals surface area contributed by atoms with Gasteiger partial charge < -0.3 is 5.73 Å². The van der Waals surface area contributed by atoms with Crippen molar-refractivity contribution in [2.24, 2.45) is 11.7 Å². The molecule has 3 nitrogen and oxygen atoms in total. The summed E-state index contributed by atoms with van der Waals surface area (Å²) in [6.45, 7) is 0. The van der Waals surface area contributed by atoms with Gasteiger partial charge in [0.05, 0.1) is 0 Å². The molecule has 0 bridgehead atoms. The molecule has 16 heavy (non-hydrogen) atoms. The molecule has 1 saturated carbocycles. The van der Waals surface area contributed by atoms with E-state index in [9.17, 15) is 4.79 Å². The third-order valence-corrected chi connectivity index (χ3v) is 3.12. The topological polar surface area (TPSA) is 56.0 Å². The lowest BCUT2D eigenvalue weighted by atomic mass is 10.1. The third-order valence-electron chi connectivity index (χ3n) is 3.12. The molecule has 1 amide bonds. The molecule has 2 unspecified atom stereocenters. The number of primary amides is 1. The van der Waals surface area contributed by atoms with E-state index in [4.69, 9.17) is 5.73 Å². The van der Waals surface area contributed by atoms with E-state index in [0.717, 1.165) is 22.9 Å². The number of carbonyl (C=O) groups is 1. The number of pyridine rings is 1. The van der Waals surface area contributed by atoms with Gasteiger partial charge in [-0.15, -0.1) is 0 Å². The SMILES string of the molecule is NC(=O)C1CC1c1cc2cc[c]cc2cn1. The summed E-state index contributed by atoms with van der Waals surface area (Å²) in [5.74, 6) is -0.000368. The largest absolute Gasteiger partial charge is 0.369 e. The molecule has 1 aromatic carbocycles. The van der Waals surface area contributed by atoms with E-state index in [1.807, 2.05) is 30.5 Å². The lowest BCUT2D eigenvalue weighted by Gasteiger charge is -2.01. The average Bonchev–Trinajstić information content (AvgIpc) is 3.08. The first-order valence-electron chi connectivity index (χ1n) is 5.31. The maximum atomic E-state index is 11.0. The Bertz CT molecular complexity index is 565. The van der Waals surface area contributed by atoms with Crippen molar-refractivity contribution in [2.45, 2.75) is 12.3 Å². The second-order valence-corrected chi connectivity index (χ2v) is 4.23. The van der Waals surface area contributed by atoms with Crippen LogP contribution >= 0.6 is 0 Å². The molecule has 1 aliphatic rings. The van der Waals surface area contributed by atoms with E-state index in [2.05, 4.69) is 11.1 Å². The molecule has 2 N–H and O–H groups in total. The second-order valence-electron chi connectivity index (χ2n) is 4.23. The highest BCUT2D eigenvalue weighted by atomic mass is 16.1. The molecule has 79 valence electrons. The van der Waals surface area contributed by atoms with Crippen molar-refractivity contribution in [3.63, 3.8) is 0 Å². The van der Waals surface area contributed by atoms with E-state index >= 15 is 0 Å². The lowest BCUT2D eigenvalue weighted by Crippen LogP contribution is -2.13. The molecule has 2 atom stereocenters. The molecule has 3 rings (SSSR count). The molecule has 1 aliphatic carbocycles. The molecule has 1 aromatic heterocycles. The number of nitrogens with zero attached hydrogens (tertiary/aromatic N) is 1. The minimum absolute atomic E-state index is 0.0137. The first kappa shape index (κ1) is 9.33. The molecule has 1 radical (unpaired) electrons. The zero-order chi connectivity index (χ0) is 11.1. The Morgan fingerprint density at radius 3 is 3.12 bits per heavy atom. The van der Waals surface area contributed by atoms with Gasteiger partial charge in [0.15, 0.2) is 0 Å². The Morgan fingerprint density at radius 1 is 1.50 bits per heavy atom. The number of benzene rings is 1. The molecular formula is C13H11N2O. The molecule has 3 heteroatoms. The van der Waals surface area contributed by atoms with Gasteiger partial charge in [-0.1, -0.05) is 12.1 Å². The summed E-state index contributed by atoms with van der Waals surface area (Å²) >= 11 is 0. The van der Waals surface area contributed by atoms with E-state index in [1.165, 1.54) is 0 Å². The summed E-state index contributed by atoms with van der Waals surface area (Å²) in [7, 11) is 0. The van der Waals surface area contributed by atoms with E-state index in [-0.39, 0.29) is 17.7 Å². The fourth-order valence-corrected chi connectivity index (χ4v) is 2.08. The van der Waals surface area contributed by atoms with Crippen LogP contribution in [0.4, 0.5) is 0 Å². The summed E-state index contributed by atoms with van der Waals surface area (Å²) in [4.78, 5) is 15.4. The lowest BCUT2D eigenvalue weighted by molar-refractivity contribution is -0.119. The minimum Gasteiger partial charge on any atom is -0.369 e. The van der Waals surface area contributed by atoms with Crippen molar-refractivity contribution >= 4 is 16.7 Å². The van der Waals surface area contributed by atoms with Crippen molar-refractivity contribution in [3.05, 3.63) is 42.2 Å². The Balaban J connectivity index is 1.98. The van der Waals surface area contributed by atoms with E-state index in [1.54, 1.807) is 0 Å². The standard InChI is InChI=1S/C13H11N2O/c14-13(16)11-6-10(11)12-5-8-3-1-2-4-9(8)7-15-12/h1,3-5,7,10-11H,6H2,(H2,14,16). The van der Waals surface area contributed by atoms with Crippen LogP contribution in [-0.2, 0) is 4.79 Å². The maximum absolute atomic E-state index is 11.0. The number of nitrogens with two attached hydrogens (primary N) is 1. The van der Waals surface area contributed by atoms with Crippen molar-refractivity contribution in [2.75, 3.05) is 0 Å². The maximum Gasteiger partial charge on any atom is 0.221 e. The summed E-state index contributed by atoms with van der Waals surface area (Å²) in [6, 6.07) is 10.8. The highest BCUT2D eigenvalue weighted by Gasteiger charge is 2.43. The van der Waals surface area contributed by atoms with Crippen molar-refractivity contribution < 1.29 is 4.79 Å². The number of rotatable bonds is 2. The van der Waals surface area contributed by atoms with Crippen LogP contribution in [0.25, 0.3) is 10.8 Å². The van der Waals surface area contributed by atoms with Crippen LogP contribution < -0.4 is 5.73 Å². The number of amides is 1. The number of hydrogen-bond acceptors (Lipinski definition) is 2. The van der Waals surface area contributed by atoms with Crippen molar-refractivity contribution in [1.82, 2.24) is 4.98 Å². The van der Waals surface area contributed by atoms with Crippen LogP contribution in [0, 0.1) is 12.0 Å². The zero-order valence-electron chi connectivity index (χ0n) is 8.68. The molecule has 0 aliphatic heterocycles. The molecule has 1 heterocycles. The predicted octanol–water partition coefficient (Wildman–Crippen LogP) is 1.62. The average molecular weight is 211 g/mol. The van der Waals surface area contributed by atoms with Crippen molar-refractivity contribution in [3.8, 4) is 0 Å². The van der Waals surface area contributed by atoms with Crippen LogP contribution in [0.2, 0.25) is 0 Å². The summed E-state index contributed by atoms with van der Waals surface area (Å²) < 4.78 is 0. The van der Waals surface area contributed by atoms with Gasteiger partial charge in [-0.2, -0.15) is 0 Å². The van der Waals surface area contributed by atoms with Crippen LogP contribution in [0.1, 0.15) is 18.0 Å². The normalized spacial score (nSPS) is 23.2. The highest BCUT2D eigenvalue weighted by molar-refractivity contribution is 5.83. The summed E-state index contributed by atoms with van der Waals surface area (Å²) in [6.07, 6.45) is 2.67. The van der Waals surface area contributed by atoms with Gasteiger partial charge in [0.25, 0.3) is 0 Å². The van der Waals surface area contributed by atoms with Gasteiger partial charge in [-0.05, 0) is 30.0 Å². The van der Waals surface area contributed by atoms with Crippen molar-refractivity contribution in [1.29, 1.82) is 0 Å². The van der Waals surface area contributed by atoms with E-state index < -0.39 is 0 Å². The minimum atomic E-state index is -0.215. The van der Waals surface area contributed by atoms with Gasteiger partial charge in [0.1, 0.15) is 0 Å². The Kier molecular flexibility index (Phi) is 1.93. The number of aromatic nitrogens is 1. The second kappa shape index (κ2) is 3.30. The van der Waals surface area contributed by atoms with Gasteiger partial charge in [-0.25, -0.2) is 0 Å². The monoisotopic (exact) mass is 211 g/mol. The molecule has 0 spiro atoms. The fourth-order valence-electron chi connectivity index (χ4n) is 2.08. The fraction of sp³-hybridized carbons (Fsp3) is 0.231. The molecular weight excluding hydrogens is 200 g/mol. The first-order valence-corrected chi connectivity index (χ1v) is 5.31. The van der Waals surface area contributed by atoms with Gasteiger partial charge in [0.2, 0.25) is 5.91 Å². The Hall–Kier alpha value is -1.90. The smallest absolute Gasteiger partial charge is 0.221 e. The number of carbonyl (C=O) groups excluding carboxylic acids is 1. The molecule has 2 aromatic rings. The summed E-state index contributed by atoms with van der Waals surface area (Å²) in [5, 5.41) is 2.21. The molecule has 1 fully saturated rings. The number of hydrogen-bond donors (Lipinski definition) is 1. The Labute approximate surface area is 93.3 Å². The highest BCUT2D eigenvalue weighted by Crippen LogP contribution is 2.46. The number of fused-ring (bicyclic) bond motifs is 1. The Morgan fingerprint density at radius 2 is 2.38 bits per heavy atom. The van der Waals surface area contributed by atoms with Crippen LogP contribution in [0.3, 0.4) is 0 Å². The van der Waals surface area contributed by atoms with Crippen LogP contribution in [0.5, 0.6) is 0 Å². The van der Waals surface area contributed by atoms with E-state index in [0.29, 0.717) is 0 Å². The van der Waals surface area contributed by atoms with Gasteiger partial charge in [0, 0.05) is 29.1 Å². The van der Waals surface area contributed by atoms with Crippen LogP contribution in [-0.4, -0.2) is 10.9 Å². The third kappa shape index (κ3) is 1.45.